The van der Waals surface area contributed by atoms with Gasteiger partial charge in [-0.3, -0.25) is 4.79 Å². The summed E-state index contributed by atoms with van der Waals surface area (Å²) in [7, 11) is -2.22. The van der Waals surface area contributed by atoms with Crippen LogP contribution in [-0.4, -0.2) is 30.2 Å². The van der Waals surface area contributed by atoms with Gasteiger partial charge in [0.2, 0.25) is 0 Å². The highest BCUT2D eigenvalue weighted by molar-refractivity contribution is 6.74. The average Bonchev–Trinajstić information content (AvgIpc) is 3.04. The summed E-state index contributed by atoms with van der Waals surface area (Å²) in [6.07, 6.45) is 2.75. The molecule has 1 N–H and O–H groups in total. The highest BCUT2D eigenvalue weighted by Gasteiger charge is 2.53. The monoisotopic (exact) mass is 409 g/mol. The third-order valence-electron chi connectivity index (χ3n) is 6.66. The summed E-state index contributed by atoms with van der Waals surface area (Å²) in [6.45, 7) is 14.2. The second kappa shape index (κ2) is 6.67. The highest BCUT2D eigenvalue weighted by Crippen LogP contribution is 2.45. The quantitative estimate of drug-likeness (QED) is 0.764. The van der Waals surface area contributed by atoms with Gasteiger partial charge in [-0.2, -0.15) is 0 Å². The smallest absolute Gasteiger partial charge is 0.198 e. The first-order valence-electron chi connectivity index (χ1n) is 10.4. The zero-order valence-corrected chi connectivity index (χ0v) is 19.3. The van der Waals surface area contributed by atoms with Crippen molar-refractivity contribution in [1.29, 1.82) is 0 Å². The van der Waals surface area contributed by atoms with E-state index in [-0.39, 0.29) is 10.8 Å². The molecule has 0 saturated heterocycles. The molecule has 2 aromatic rings. The number of hydrogen-bond acceptors (Lipinski definition) is 4. The van der Waals surface area contributed by atoms with Gasteiger partial charge in [0.15, 0.2) is 25.5 Å². The summed E-state index contributed by atoms with van der Waals surface area (Å²) in [5, 5.41) is 3.56. The lowest BCUT2D eigenvalue weighted by Crippen LogP contribution is -2.58. The molecule has 1 atom stereocenters. The standard InChI is InChI=1S/C23H31N3O2Si/c1-16-14-26-13-12-18-19(21(26)25-16)24-15-23(20(18)27,17-10-8-7-9-11-17)28-29(5,6)22(2,3)4/h7-11,14,24H,12-13,15H2,1-6H3/t23-/m0/s1. The van der Waals surface area contributed by atoms with Gasteiger partial charge in [0.05, 0.1) is 17.9 Å². The van der Waals surface area contributed by atoms with Crippen LogP contribution in [0.5, 0.6) is 0 Å². The van der Waals surface area contributed by atoms with E-state index in [9.17, 15) is 4.79 Å². The summed E-state index contributed by atoms with van der Waals surface area (Å²) in [5.41, 5.74) is 2.60. The largest absolute Gasteiger partial charge is 0.399 e. The van der Waals surface area contributed by atoms with E-state index in [1.54, 1.807) is 0 Å². The number of Topliss-reactive ketones (excluding diaryl/α,β-unsaturated/α-hetero) is 1. The number of hydrogen-bond donors (Lipinski definition) is 1. The number of nitrogens with one attached hydrogen (secondary N) is 1. The minimum absolute atomic E-state index is 0.00362. The first-order chi connectivity index (χ1) is 13.6. The van der Waals surface area contributed by atoms with Gasteiger partial charge in [0, 0.05) is 18.3 Å². The minimum atomic E-state index is -2.22. The Bertz CT molecular complexity index is 985. The number of nitrogens with zero attached hydrogens (tertiary/aromatic N) is 2. The van der Waals surface area contributed by atoms with Gasteiger partial charge < -0.3 is 14.3 Å². The van der Waals surface area contributed by atoms with Gasteiger partial charge in [-0.25, -0.2) is 4.98 Å². The van der Waals surface area contributed by atoms with Crippen LogP contribution in [0.3, 0.4) is 0 Å². The van der Waals surface area contributed by atoms with Crippen molar-refractivity contribution in [1.82, 2.24) is 14.9 Å². The number of fused-ring (bicyclic) bond motifs is 2. The second-order valence-electron chi connectivity index (χ2n) is 9.74. The SMILES string of the molecule is Cc1cn2c(n1)C1=C(CC2)C(=O)[C@@](O[Si](C)(C)C(C)(C)C)(c2ccccc2)CN1. The van der Waals surface area contributed by atoms with Crippen LogP contribution >= 0.6 is 0 Å². The van der Waals surface area contributed by atoms with Crippen LogP contribution in [0.15, 0.2) is 42.1 Å². The molecule has 6 heteroatoms. The fourth-order valence-electron chi connectivity index (χ4n) is 4.03. The zero-order chi connectivity index (χ0) is 21.0. The Kier molecular flexibility index (Phi) is 4.63. The third-order valence-corrected chi connectivity index (χ3v) is 11.1. The van der Waals surface area contributed by atoms with Crippen molar-refractivity contribution in [2.45, 2.75) is 64.4 Å². The van der Waals surface area contributed by atoms with Gasteiger partial charge >= 0.3 is 0 Å². The Hall–Kier alpha value is -2.18. The Labute approximate surface area is 174 Å². The van der Waals surface area contributed by atoms with E-state index in [1.807, 2.05) is 37.3 Å². The molecule has 5 nitrogen and oxygen atoms in total. The fourth-order valence-corrected chi connectivity index (χ4v) is 5.49. The number of benzene rings is 1. The lowest BCUT2D eigenvalue weighted by molar-refractivity contribution is -0.133. The van der Waals surface area contributed by atoms with Crippen LogP contribution < -0.4 is 5.32 Å². The molecule has 4 rings (SSSR count). The van der Waals surface area contributed by atoms with Crippen molar-refractivity contribution >= 4 is 19.8 Å². The van der Waals surface area contributed by atoms with Crippen LogP contribution in [0.25, 0.3) is 5.70 Å². The van der Waals surface area contributed by atoms with Gasteiger partial charge in [-0.1, -0.05) is 51.1 Å². The van der Waals surface area contributed by atoms with E-state index in [4.69, 9.17) is 4.43 Å². The zero-order valence-electron chi connectivity index (χ0n) is 18.3. The van der Waals surface area contributed by atoms with Crippen LogP contribution in [0.1, 0.15) is 44.3 Å². The molecule has 0 saturated carbocycles. The number of rotatable bonds is 3. The molecule has 29 heavy (non-hydrogen) atoms. The molecule has 0 unspecified atom stereocenters. The van der Waals surface area contributed by atoms with Gasteiger partial charge in [-0.15, -0.1) is 0 Å². The van der Waals surface area contributed by atoms with Gasteiger partial charge in [-0.05, 0) is 37.0 Å². The summed E-state index contributed by atoms with van der Waals surface area (Å²) in [4.78, 5) is 18.7. The Morgan fingerprint density at radius 1 is 1.21 bits per heavy atom. The van der Waals surface area contributed by atoms with Crippen molar-refractivity contribution in [2.75, 3.05) is 6.54 Å². The molecule has 2 aliphatic heterocycles. The van der Waals surface area contributed by atoms with Crippen LogP contribution in [-0.2, 0) is 21.4 Å². The van der Waals surface area contributed by atoms with Crippen molar-refractivity contribution in [2.24, 2.45) is 0 Å². The molecule has 1 aromatic heterocycles. The molecule has 0 radical (unpaired) electrons. The predicted octanol–water partition coefficient (Wildman–Crippen LogP) is 4.40. The molecule has 0 bridgehead atoms. The Balaban J connectivity index is 1.84. The molecule has 2 aliphatic rings. The second-order valence-corrected chi connectivity index (χ2v) is 14.5. The molecule has 0 spiro atoms. The maximum Gasteiger partial charge on any atom is 0.198 e. The van der Waals surface area contributed by atoms with Crippen LogP contribution in [0.4, 0.5) is 0 Å². The van der Waals surface area contributed by atoms with E-state index in [0.29, 0.717) is 13.0 Å². The Morgan fingerprint density at radius 3 is 2.55 bits per heavy atom. The van der Waals surface area contributed by atoms with E-state index >= 15 is 0 Å². The summed E-state index contributed by atoms with van der Waals surface area (Å²) < 4.78 is 9.07. The normalized spacial score (nSPS) is 22.2. The van der Waals surface area contributed by atoms with Crippen LogP contribution in [0.2, 0.25) is 18.1 Å². The van der Waals surface area contributed by atoms with Crippen LogP contribution in [0, 0.1) is 6.92 Å². The van der Waals surface area contributed by atoms with Gasteiger partial charge in [0.25, 0.3) is 0 Å². The van der Waals surface area contributed by atoms with Crippen molar-refractivity contribution in [3.63, 3.8) is 0 Å². The average molecular weight is 410 g/mol. The predicted molar refractivity (Wildman–Crippen MR) is 118 cm³/mol. The van der Waals surface area contributed by atoms with Crippen molar-refractivity contribution in [3.8, 4) is 0 Å². The van der Waals surface area contributed by atoms with E-state index in [0.717, 1.165) is 34.9 Å². The topological polar surface area (TPSA) is 56.2 Å². The number of imidazole rings is 1. The molecule has 154 valence electrons. The highest BCUT2D eigenvalue weighted by atomic mass is 28.4. The molecule has 0 aliphatic carbocycles. The molecule has 0 fully saturated rings. The number of aromatic nitrogens is 2. The lowest BCUT2D eigenvalue weighted by atomic mass is 9.80. The maximum absolute atomic E-state index is 14.1. The number of carbonyl (C=O) groups is 1. The van der Waals surface area contributed by atoms with Gasteiger partial charge in [0.1, 0.15) is 0 Å². The summed E-state index contributed by atoms with van der Waals surface area (Å²) >= 11 is 0. The van der Waals surface area contributed by atoms with Crippen molar-refractivity contribution < 1.29 is 9.22 Å². The molecular formula is C23H31N3O2Si. The molecular weight excluding hydrogens is 378 g/mol. The van der Waals surface area contributed by atoms with Crippen molar-refractivity contribution in [3.05, 3.63) is 59.2 Å². The Morgan fingerprint density at radius 2 is 1.90 bits per heavy atom. The summed E-state index contributed by atoms with van der Waals surface area (Å²) in [6, 6.07) is 9.99. The summed E-state index contributed by atoms with van der Waals surface area (Å²) in [5.74, 6) is 0.959. The van der Waals surface area contributed by atoms with E-state index in [2.05, 4.69) is 54.9 Å². The molecule has 3 heterocycles. The number of aryl methyl sites for hydroxylation is 2. The fraction of sp³-hybridized carbons (Fsp3) is 0.478. The van der Waals surface area contributed by atoms with E-state index in [1.165, 1.54) is 0 Å². The third kappa shape index (κ3) is 3.18. The lowest BCUT2D eigenvalue weighted by Gasteiger charge is -2.47. The minimum Gasteiger partial charge on any atom is -0.399 e. The molecule has 0 amide bonds. The first kappa shape index (κ1) is 20.1. The first-order valence-corrected chi connectivity index (χ1v) is 13.3. The maximum atomic E-state index is 14.1. The van der Waals surface area contributed by atoms with E-state index < -0.39 is 13.9 Å². The molecule has 1 aromatic carbocycles. The number of carbonyl (C=O) groups excluding carboxylic acids is 1. The number of ketones is 1.